The summed E-state index contributed by atoms with van der Waals surface area (Å²) in [5.41, 5.74) is 2.86. The topological polar surface area (TPSA) is 70.5 Å². The molecule has 7 nitrogen and oxygen atoms in total. The van der Waals surface area contributed by atoms with E-state index in [9.17, 15) is 4.79 Å². The molecule has 29 heavy (non-hydrogen) atoms. The van der Waals surface area contributed by atoms with Crippen molar-refractivity contribution in [2.45, 2.75) is 26.4 Å². The van der Waals surface area contributed by atoms with E-state index in [1.165, 1.54) is 0 Å². The molecule has 2 aromatic carbocycles. The first kappa shape index (κ1) is 22.4. The Balaban J connectivity index is 2.10. The van der Waals surface area contributed by atoms with Gasteiger partial charge in [-0.2, -0.15) is 0 Å². The summed E-state index contributed by atoms with van der Waals surface area (Å²) in [7, 11) is 8.37. The van der Waals surface area contributed by atoms with E-state index in [1.807, 2.05) is 33.0 Å². The van der Waals surface area contributed by atoms with E-state index in [-0.39, 0.29) is 11.9 Å². The molecule has 0 aliphatic heterocycles. The minimum absolute atomic E-state index is 0.0761. The summed E-state index contributed by atoms with van der Waals surface area (Å²) in [6.45, 7) is 4.60. The van der Waals surface area contributed by atoms with E-state index in [1.54, 1.807) is 46.6 Å². The van der Waals surface area contributed by atoms with Crippen LogP contribution in [0, 0.1) is 6.92 Å². The number of aryl methyl sites for hydroxylation is 1. The number of carbonyl (C=O) groups is 1. The van der Waals surface area contributed by atoms with Crippen LogP contribution in [0.5, 0.6) is 23.0 Å². The van der Waals surface area contributed by atoms with Gasteiger partial charge in [0.1, 0.15) is 6.54 Å². The lowest BCUT2D eigenvalue weighted by Gasteiger charge is -2.23. The van der Waals surface area contributed by atoms with Gasteiger partial charge in [-0.05, 0) is 43.7 Å². The van der Waals surface area contributed by atoms with E-state index >= 15 is 0 Å². The lowest BCUT2D eigenvalue weighted by atomic mass is 10.1. The monoisotopic (exact) mass is 403 g/mol. The molecule has 2 aromatic rings. The minimum atomic E-state index is -0.268. The predicted molar refractivity (Wildman–Crippen MR) is 113 cm³/mol. The smallest absolute Gasteiger partial charge is 0.282 e. The van der Waals surface area contributed by atoms with Crippen LogP contribution in [0.3, 0.4) is 0 Å². The maximum Gasteiger partial charge on any atom is 0.282 e. The van der Waals surface area contributed by atoms with Gasteiger partial charge in [0.15, 0.2) is 29.0 Å². The Morgan fingerprint density at radius 2 is 1.48 bits per heavy atom. The van der Waals surface area contributed by atoms with Crippen molar-refractivity contribution in [1.82, 2.24) is 0 Å². The Morgan fingerprint density at radius 1 is 0.931 bits per heavy atom. The Bertz CT molecular complexity index is 853. The van der Waals surface area contributed by atoms with Gasteiger partial charge in [0.05, 0.1) is 35.5 Å². The van der Waals surface area contributed by atoms with Crippen LogP contribution in [0.2, 0.25) is 0 Å². The molecule has 0 saturated heterocycles. The molecule has 0 radical (unpaired) electrons. The zero-order chi connectivity index (χ0) is 21.6. The number of amides is 1. The van der Waals surface area contributed by atoms with Crippen molar-refractivity contribution in [2.24, 2.45) is 0 Å². The molecule has 7 heteroatoms. The number of anilines is 1. The number of carbonyl (C=O) groups excluding carboxylic acids is 1. The van der Waals surface area contributed by atoms with Crippen molar-refractivity contribution in [3.8, 4) is 23.0 Å². The SMILES string of the molecule is COc1ccc(NC(=O)[C@H](C)[NH+](C)Cc2cc(OC)c(OC)cc2C)cc1OC. The highest BCUT2D eigenvalue weighted by atomic mass is 16.5. The van der Waals surface area contributed by atoms with Crippen LogP contribution in [0.1, 0.15) is 18.1 Å². The first-order valence-corrected chi connectivity index (χ1v) is 9.41. The normalized spacial score (nSPS) is 12.7. The zero-order valence-electron chi connectivity index (χ0n) is 18.2. The Morgan fingerprint density at radius 3 is 2.07 bits per heavy atom. The van der Waals surface area contributed by atoms with Gasteiger partial charge in [-0.1, -0.05) is 0 Å². The van der Waals surface area contributed by atoms with Crippen molar-refractivity contribution >= 4 is 11.6 Å². The van der Waals surface area contributed by atoms with Crippen LogP contribution < -0.4 is 29.2 Å². The van der Waals surface area contributed by atoms with E-state index in [4.69, 9.17) is 18.9 Å². The van der Waals surface area contributed by atoms with Crippen molar-refractivity contribution in [2.75, 3.05) is 40.8 Å². The van der Waals surface area contributed by atoms with Gasteiger partial charge in [-0.3, -0.25) is 4.79 Å². The standard InChI is InChI=1S/C22H30N2O5/c1-14-10-19(27-5)20(28-6)11-16(14)13-24(3)15(2)22(25)23-17-8-9-18(26-4)21(12-17)29-7/h8-12,15H,13H2,1-7H3,(H,23,25)/p+1/t15-/m0/s1. The molecule has 0 fully saturated rings. The number of ether oxygens (including phenoxy) is 4. The van der Waals surface area contributed by atoms with Crippen molar-refractivity contribution in [3.05, 3.63) is 41.5 Å². The number of hydrogen-bond donors (Lipinski definition) is 2. The Kier molecular flexibility index (Phi) is 7.73. The molecule has 0 aliphatic carbocycles. The second-order valence-corrected chi connectivity index (χ2v) is 6.94. The molecule has 2 N–H and O–H groups in total. The van der Waals surface area contributed by atoms with Gasteiger partial charge < -0.3 is 29.2 Å². The van der Waals surface area contributed by atoms with Crippen molar-refractivity contribution in [3.63, 3.8) is 0 Å². The number of hydrogen-bond acceptors (Lipinski definition) is 5. The lowest BCUT2D eigenvalue weighted by Crippen LogP contribution is -3.12. The van der Waals surface area contributed by atoms with E-state index in [2.05, 4.69) is 5.32 Å². The molecular formula is C22H31N2O5+. The Labute approximate surface area is 172 Å². The maximum absolute atomic E-state index is 12.8. The van der Waals surface area contributed by atoms with Gasteiger partial charge in [0, 0.05) is 17.3 Å². The molecule has 2 atom stereocenters. The van der Waals surface area contributed by atoms with Gasteiger partial charge in [0.2, 0.25) is 0 Å². The van der Waals surface area contributed by atoms with E-state index < -0.39 is 0 Å². The zero-order valence-corrected chi connectivity index (χ0v) is 18.2. The largest absolute Gasteiger partial charge is 0.493 e. The van der Waals surface area contributed by atoms with E-state index in [0.717, 1.165) is 16.0 Å². The number of rotatable bonds is 9. The average molecular weight is 403 g/mol. The number of quaternary nitrogens is 1. The van der Waals surface area contributed by atoms with Crippen molar-refractivity contribution in [1.29, 1.82) is 0 Å². The highest BCUT2D eigenvalue weighted by molar-refractivity contribution is 5.93. The number of benzene rings is 2. The number of methoxy groups -OCH3 is 4. The first-order chi connectivity index (χ1) is 13.8. The minimum Gasteiger partial charge on any atom is -0.493 e. The van der Waals surface area contributed by atoms with Crippen LogP contribution in [0.25, 0.3) is 0 Å². The molecule has 158 valence electrons. The molecule has 0 bridgehead atoms. The van der Waals surface area contributed by atoms with Crippen LogP contribution in [-0.2, 0) is 11.3 Å². The molecule has 1 amide bonds. The summed E-state index contributed by atoms with van der Waals surface area (Å²) >= 11 is 0. The summed E-state index contributed by atoms with van der Waals surface area (Å²) in [4.78, 5) is 13.8. The van der Waals surface area contributed by atoms with Crippen LogP contribution in [0.4, 0.5) is 5.69 Å². The Hall–Kier alpha value is -2.93. The molecule has 0 heterocycles. The van der Waals surface area contributed by atoms with Gasteiger partial charge >= 0.3 is 0 Å². The quantitative estimate of drug-likeness (QED) is 0.671. The first-order valence-electron chi connectivity index (χ1n) is 9.41. The molecule has 0 saturated carbocycles. The molecule has 0 aliphatic rings. The maximum atomic E-state index is 12.8. The van der Waals surface area contributed by atoms with Crippen LogP contribution in [0.15, 0.2) is 30.3 Å². The fourth-order valence-corrected chi connectivity index (χ4v) is 3.05. The molecule has 0 spiro atoms. The van der Waals surface area contributed by atoms with Gasteiger partial charge in [-0.25, -0.2) is 0 Å². The van der Waals surface area contributed by atoms with E-state index in [0.29, 0.717) is 35.2 Å². The third-order valence-electron chi connectivity index (χ3n) is 5.09. The highest BCUT2D eigenvalue weighted by Gasteiger charge is 2.23. The molecule has 0 aromatic heterocycles. The second-order valence-electron chi connectivity index (χ2n) is 6.94. The molecule has 1 unspecified atom stereocenters. The lowest BCUT2D eigenvalue weighted by molar-refractivity contribution is -0.907. The summed E-state index contributed by atoms with van der Waals surface area (Å²) < 4.78 is 21.3. The predicted octanol–water partition coefficient (Wildman–Crippen LogP) is 2.07. The highest BCUT2D eigenvalue weighted by Crippen LogP contribution is 2.30. The average Bonchev–Trinajstić information content (AvgIpc) is 2.73. The molecule has 2 rings (SSSR count). The van der Waals surface area contributed by atoms with Crippen molar-refractivity contribution < 1.29 is 28.6 Å². The summed E-state index contributed by atoms with van der Waals surface area (Å²) in [6, 6.07) is 8.96. The van der Waals surface area contributed by atoms with Crippen LogP contribution in [-0.4, -0.2) is 47.4 Å². The van der Waals surface area contributed by atoms with Gasteiger partial charge in [-0.15, -0.1) is 0 Å². The summed E-state index contributed by atoms with van der Waals surface area (Å²) in [6.07, 6.45) is 0. The summed E-state index contributed by atoms with van der Waals surface area (Å²) in [5.74, 6) is 2.49. The second kappa shape index (κ2) is 10.0. The third-order valence-corrected chi connectivity index (χ3v) is 5.09. The fraction of sp³-hybridized carbons (Fsp3) is 0.409. The van der Waals surface area contributed by atoms with Gasteiger partial charge in [0.25, 0.3) is 5.91 Å². The third kappa shape index (κ3) is 5.32. The number of nitrogens with one attached hydrogen (secondary N) is 2. The number of likely N-dealkylation sites (N-methyl/N-ethyl adjacent to an activating group) is 1. The van der Waals surface area contributed by atoms with Crippen LogP contribution >= 0.6 is 0 Å². The summed E-state index contributed by atoms with van der Waals surface area (Å²) in [5, 5.41) is 2.95. The molecular weight excluding hydrogens is 372 g/mol. The fourth-order valence-electron chi connectivity index (χ4n) is 3.05.